The summed E-state index contributed by atoms with van der Waals surface area (Å²) >= 11 is 0. The second-order valence-electron chi connectivity index (χ2n) is 7.64. The van der Waals surface area contributed by atoms with Crippen LogP contribution >= 0.6 is 0 Å². The highest BCUT2D eigenvalue weighted by molar-refractivity contribution is 5.95. The molecule has 0 radical (unpaired) electrons. The molecule has 0 aliphatic carbocycles. The Balaban J connectivity index is 1.51. The van der Waals surface area contributed by atoms with Gasteiger partial charge in [-0.1, -0.05) is 54.6 Å². The molecule has 0 aromatic heterocycles. The average molecular weight is 411 g/mol. The number of ether oxygens (including phenoxy) is 1. The summed E-state index contributed by atoms with van der Waals surface area (Å²) in [4.78, 5) is 14.8. The highest BCUT2D eigenvalue weighted by Gasteiger charge is 2.14. The first-order valence-electron chi connectivity index (χ1n) is 10.3. The van der Waals surface area contributed by atoms with Crippen molar-refractivity contribution in [1.82, 2.24) is 4.90 Å². The van der Waals surface area contributed by atoms with E-state index >= 15 is 0 Å². The lowest BCUT2D eigenvalue weighted by molar-refractivity contribution is 0.0785. The van der Waals surface area contributed by atoms with Crippen LogP contribution < -0.4 is 10.5 Å². The Bertz CT molecular complexity index is 1200. The van der Waals surface area contributed by atoms with E-state index in [1.54, 1.807) is 12.0 Å². The summed E-state index contributed by atoms with van der Waals surface area (Å²) in [6.45, 7) is 1.06. The Labute approximate surface area is 182 Å². The fourth-order valence-corrected chi connectivity index (χ4v) is 3.80. The van der Waals surface area contributed by atoms with Gasteiger partial charge in [0.1, 0.15) is 5.75 Å². The molecule has 0 saturated heterocycles. The highest BCUT2D eigenvalue weighted by atomic mass is 16.5. The number of carbonyl (C=O) groups excluding carboxylic acids is 1. The minimum atomic E-state index is -0.00291. The third kappa shape index (κ3) is 4.44. The molecule has 0 bridgehead atoms. The lowest BCUT2D eigenvalue weighted by Crippen LogP contribution is -2.26. The van der Waals surface area contributed by atoms with Crippen molar-refractivity contribution in [3.63, 3.8) is 0 Å². The van der Waals surface area contributed by atoms with Gasteiger partial charge in [-0.25, -0.2) is 0 Å². The van der Waals surface area contributed by atoms with Crippen molar-refractivity contribution in [3.05, 3.63) is 102 Å². The number of rotatable bonds is 6. The number of nitrogens with zero attached hydrogens (tertiary/aromatic N) is 1. The Morgan fingerprint density at radius 2 is 1.58 bits per heavy atom. The number of fused-ring (bicyclic) bond motifs is 1. The molecule has 0 fully saturated rings. The zero-order chi connectivity index (χ0) is 21.8. The molecule has 4 nitrogen and oxygen atoms in total. The van der Waals surface area contributed by atoms with Gasteiger partial charge in [-0.3, -0.25) is 4.79 Å². The molecule has 1 amide bonds. The van der Waals surface area contributed by atoms with E-state index in [-0.39, 0.29) is 5.91 Å². The predicted molar refractivity (Wildman–Crippen MR) is 126 cm³/mol. The molecule has 4 aromatic rings. The van der Waals surface area contributed by atoms with E-state index in [2.05, 4.69) is 24.3 Å². The van der Waals surface area contributed by atoms with Crippen LogP contribution in [0.5, 0.6) is 5.75 Å². The minimum absolute atomic E-state index is 0.00291. The lowest BCUT2D eigenvalue weighted by Gasteiger charge is -2.19. The third-order valence-corrected chi connectivity index (χ3v) is 5.58. The Hall–Kier alpha value is -3.63. The normalized spacial score (nSPS) is 10.8. The molecule has 0 saturated carbocycles. The molecule has 156 valence electrons. The molecular formula is C27H26N2O2. The number of carbonyl (C=O) groups is 1. The quantitative estimate of drug-likeness (QED) is 0.473. The van der Waals surface area contributed by atoms with Crippen molar-refractivity contribution in [2.24, 2.45) is 5.73 Å². The van der Waals surface area contributed by atoms with Gasteiger partial charge < -0.3 is 15.4 Å². The summed E-state index contributed by atoms with van der Waals surface area (Å²) in [5.41, 5.74) is 10.8. The molecule has 0 atom stereocenters. The second-order valence-corrected chi connectivity index (χ2v) is 7.64. The lowest BCUT2D eigenvalue weighted by atomic mass is 10.0. The smallest absolute Gasteiger partial charge is 0.253 e. The molecule has 2 N–H and O–H groups in total. The van der Waals surface area contributed by atoms with Gasteiger partial charge in [-0.2, -0.15) is 0 Å². The van der Waals surface area contributed by atoms with Gasteiger partial charge >= 0.3 is 0 Å². The summed E-state index contributed by atoms with van der Waals surface area (Å²) in [5.74, 6) is 0.821. The summed E-state index contributed by atoms with van der Waals surface area (Å²) < 4.78 is 5.21. The van der Waals surface area contributed by atoms with Gasteiger partial charge in [0.2, 0.25) is 0 Å². The molecule has 0 spiro atoms. The molecule has 4 aromatic carbocycles. The topological polar surface area (TPSA) is 55.6 Å². The summed E-state index contributed by atoms with van der Waals surface area (Å²) in [7, 11) is 3.49. The number of methoxy groups -OCH3 is 1. The maximum atomic E-state index is 13.0. The zero-order valence-corrected chi connectivity index (χ0v) is 17.8. The van der Waals surface area contributed by atoms with Crippen LogP contribution in [0.1, 0.15) is 21.5 Å². The minimum Gasteiger partial charge on any atom is -0.497 e. The van der Waals surface area contributed by atoms with Gasteiger partial charge in [0.05, 0.1) is 7.11 Å². The summed E-state index contributed by atoms with van der Waals surface area (Å²) in [6.07, 6.45) is 0. The molecule has 0 aliphatic heterocycles. The van der Waals surface area contributed by atoms with Crippen molar-refractivity contribution >= 4 is 16.7 Å². The standard InChI is InChI=1S/C27H26N2O2/c1-29(18-24-5-3-4-23-16-19(17-28)6-15-26(23)24)27(30)22-9-7-20(8-10-22)21-11-13-25(31-2)14-12-21/h3-16H,17-18,28H2,1-2H3. The fourth-order valence-electron chi connectivity index (χ4n) is 3.80. The molecule has 0 aliphatic rings. The van der Waals surface area contributed by atoms with Crippen LogP contribution in [0.2, 0.25) is 0 Å². The van der Waals surface area contributed by atoms with Crippen LogP contribution in [0.4, 0.5) is 0 Å². The van der Waals surface area contributed by atoms with Gasteiger partial charge in [-0.15, -0.1) is 0 Å². The summed E-state index contributed by atoms with van der Waals surface area (Å²) in [5, 5.41) is 2.29. The molecule has 31 heavy (non-hydrogen) atoms. The van der Waals surface area contributed by atoms with Crippen LogP contribution in [-0.2, 0) is 13.1 Å². The largest absolute Gasteiger partial charge is 0.497 e. The van der Waals surface area contributed by atoms with E-state index in [9.17, 15) is 4.79 Å². The van der Waals surface area contributed by atoms with Crippen molar-refractivity contribution < 1.29 is 9.53 Å². The average Bonchev–Trinajstić information content (AvgIpc) is 2.83. The van der Waals surface area contributed by atoms with E-state index < -0.39 is 0 Å². The zero-order valence-electron chi connectivity index (χ0n) is 17.8. The van der Waals surface area contributed by atoms with Crippen molar-refractivity contribution in [3.8, 4) is 16.9 Å². The van der Waals surface area contributed by atoms with E-state index in [0.717, 1.165) is 38.8 Å². The number of hydrogen-bond acceptors (Lipinski definition) is 3. The molecule has 0 unspecified atom stereocenters. The van der Waals surface area contributed by atoms with E-state index in [0.29, 0.717) is 18.7 Å². The highest BCUT2D eigenvalue weighted by Crippen LogP contribution is 2.24. The second kappa shape index (κ2) is 9.02. The molecule has 4 heteroatoms. The Morgan fingerprint density at radius 3 is 2.23 bits per heavy atom. The Kier molecular flexibility index (Phi) is 6.01. The van der Waals surface area contributed by atoms with Gasteiger partial charge in [0.25, 0.3) is 5.91 Å². The van der Waals surface area contributed by atoms with Crippen molar-refractivity contribution in [2.45, 2.75) is 13.1 Å². The van der Waals surface area contributed by atoms with Crippen molar-refractivity contribution in [1.29, 1.82) is 0 Å². The maximum absolute atomic E-state index is 13.0. The van der Waals surface area contributed by atoms with Crippen LogP contribution in [0.25, 0.3) is 21.9 Å². The first-order valence-corrected chi connectivity index (χ1v) is 10.3. The summed E-state index contributed by atoms with van der Waals surface area (Å²) in [6, 6.07) is 28.0. The monoisotopic (exact) mass is 410 g/mol. The SMILES string of the molecule is COc1ccc(-c2ccc(C(=O)N(C)Cc3cccc4cc(CN)ccc34)cc2)cc1. The van der Waals surface area contributed by atoms with Gasteiger partial charge in [0, 0.05) is 25.7 Å². The first kappa shape index (κ1) is 20.6. The maximum Gasteiger partial charge on any atom is 0.253 e. The first-order chi connectivity index (χ1) is 15.1. The van der Waals surface area contributed by atoms with Gasteiger partial charge in [0.15, 0.2) is 0 Å². The number of nitrogens with two attached hydrogens (primary N) is 1. The van der Waals surface area contributed by atoms with Crippen LogP contribution in [-0.4, -0.2) is 25.0 Å². The van der Waals surface area contributed by atoms with Crippen molar-refractivity contribution in [2.75, 3.05) is 14.2 Å². The number of amides is 1. The molecule has 4 rings (SSSR count). The van der Waals surface area contributed by atoms with E-state index in [1.165, 1.54) is 0 Å². The number of hydrogen-bond donors (Lipinski definition) is 1. The Morgan fingerprint density at radius 1 is 0.903 bits per heavy atom. The molecule has 0 heterocycles. The van der Waals surface area contributed by atoms with Gasteiger partial charge in [-0.05, 0) is 63.4 Å². The van der Waals surface area contributed by atoms with Crippen LogP contribution in [0.3, 0.4) is 0 Å². The van der Waals surface area contributed by atoms with E-state index in [4.69, 9.17) is 10.5 Å². The fraction of sp³-hybridized carbons (Fsp3) is 0.148. The molecular weight excluding hydrogens is 384 g/mol. The predicted octanol–water partition coefficient (Wildman–Crippen LogP) is 5.25. The third-order valence-electron chi connectivity index (χ3n) is 5.58. The van der Waals surface area contributed by atoms with Crippen LogP contribution in [0.15, 0.2) is 84.9 Å². The number of benzene rings is 4. The van der Waals surface area contributed by atoms with Crippen LogP contribution in [0, 0.1) is 0 Å². The van der Waals surface area contributed by atoms with E-state index in [1.807, 2.05) is 67.7 Å².